The highest BCUT2D eigenvalue weighted by atomic mass is 33.1. The van der Waals surface area contributed by atoms with E-state index in [1.165, 1.54) is 39.3 Å². The number of aromatic nitrogens is 2. The highest BCUT2D eigenvalue weighted by Crippen LogP contribution is 2.66. The van der Waals surface area contributed by atoms with E-state index in [4.69, 9.17) is 19.3 Å². The van der Waals surface area contributed by atoms with Crippen molar-refractivity contribution in [3.05, 3.63) is 32.6 Å². The summed E-state index contributed by atoms with van der Waals surface area (Å²) in [5.41, 5.74) is -1.07. The number of nitrogens with zero attached hydrogens (tertiary/aromatic N) is 1. The van der Waals surface area contributed by atoms with Crippen molar-refractivity contribution in [2.24, 2.45) is 0 Å². The normalized spacial score (nSPS) is 25.0. The van der Waals surface area contributed by atoms with E-state index >= 15 is 0 Å². The third-order valence-electron chi connectivity index (χ3n) is 3.97. The van der Waals surface area contributed by atoms with Gasteiger partial charge in [-0.15, -0.1) is 0 Å². The fourth-order valence-electron chi connectivity index (χ4n) is 2.72. The summed E-state index contributed by atoms with van der Waals surface area (Å²) in [4.78, 5) is 62.0. The maximum Gasteiger partial charge on any atom is 0.490 e. The summed E-state index contributed by atoms with van der Waals surface area (Å²) in [6, 6.07) is -0.773. The lowest BCUT2D eigenvalue weighted by atomic mass is 10.1. The van der Waals surface area contributed by atoms with Gasteiger partial charge in [-0.1, -0.05) is 21.6 Å². The number of phosphoric acid groups is 3. The van der Waals surface area contributed by atoms with Gasteiger partial charge in [0.2, 0.25) is 0 Å². The molecule has 1 saturated heterocycles. The van der Waals surface area contributed by atoms with Gasteiger partial charge in [-0.3, -0.25) is 18.9 Å². The average Bonchev–Trinajstić information content (AvgIpc) is 3.03. The Labute approximate surface area is 193 Å². The quantitative estimate of drug-likeness (QED) is 0.0988. The van der Waals surface area contributed by atoms with Crippen molar-refractivity contribution < 1.29 is 55.9 Å². The zero-order valence-electron chi connectivity index (χ0n) is 16.9. The van der Waals surface area contributed by atoms with Gasteiger partial charge in [-0.05, 0) is 13.2 Å². The maximum absolute atomic E-state index is 12.3. The van der Waals surface area contributed by atoms with E-state index < -0.39 is 59.6 Å². The lowest BCUT2D eigenvalue weighted by Gasteiger charge is -2.25. The maximum atomic E-state index is 12.3. The van der Waals surface area contributed by atoms with Gasteiger partial charge in [-0.25, -0.2) is 18.5 Å². The number of nitrogens with one attached hydrogen (secondary N) is 1. The molecule has 16 nitrogen and oxygen atoms in total. The van der Waals surface area contributed by atoms with Gasteiger partial charge in [0.25, 0.3) is 5.56 Å². The van der Waals surface area contributed by atoms with Crippen LogP contribution in [0, 0.1) is 6.92 Å². The summed E-state index contributed by atoms with van der Waals surface area (Å²) in [7, 11) is -13.9. The van der Waals surface area contributed by atoms with E-state index in [2.05, 4.69) is 18.1 Å². The first-order valence-corrected chi connectivity index (χ1v) is 15.9. The molecule has 0 amide bonds. The molecule has 2 heterocycles. The minimum atomic E-state index is -5.67. The summed E-state index contributed by atoms with van der Waals surface area (Å²) in [5, 5.41) is 0. The SMILES string of the molecule is CSSCO[C@H]1C(n2cc(C)c(=O)[nH]c2=O)CO[C@@H]1COP(=O)(O)OP(=O)(O)OP(=O)(O)O. The Morgan fingerprint density at radius 2 is 1.85 bits per heavy atom. The monoisotopic (exact) mass is 574 g/mol. The van der Waals surface area contributed by atoms with Gasteiger partial charge >= 0.3 is 29.2 Å². The van der Waals surface area contributed by atoms with Crippen molar-refractivity contribution in [2.75, 3.05) is 25.4 Å². The van der Waals surface area contributed by atoms with Gasteiger partial charge in [0, 0.05) is 11.8 Å². The third-order valence-corrected chi connectivity index (χ3v) is 9.24. The van der Waals surface area contributed by atoms with Crippen LogP contribution >= 0.6 is 45.1 Å². The molecule has 0 radical (unpaired) electrons. The van der Waals surface area contributed by atoms with Gasteiger partial charge in [-0.2, -0.15) is 8.62 Å². The van der Waals surface area contributed by atoms with Crippen LogP contribution in [0.2, 0.25) is 0 Å². The van der Waals surface area contributed by atoms with E-state index in [9.17, 15) is 33.1 Å². The van der Waals surface area contributed by atoms with Crippen LogP contribution in [0.1, 0.15) is 11.6 Å². The summed E-state index contributed by atoms with van der Waals surface area (Å²) >= 11 is 0. The molecular weight excluding hydrogens is 553 g/mol. The lowest BCUT2D eigenvalue weighted by Crippen LogP contribution is -2.40. The van der Waals surface area contributed by atoms with E-state index in [0.29, 0.717) is 0 Å². The standard InChI is InChI=1S/C12H21N2O14P3S2/c1-7-3-14(12(16)13-11(7)15)8-4-24-9(10(8)25-6-33-32-2)5-26-30(20,21)28-31(22,23)27-29(17,18)19/h3,8-10H,4-6H2,1-2H3,(H,20,21)(H,22,23)(H,13,15,16)(H2,17,18,19)/t8?,9-,10+/m1/s1. The molecule has 3 unspecified atom stereocenters. The van der Waals surface area contributed by atoms with Gasteiger partial charge in [0.15, 0.2) is 0 Å². The van der Waals surface area contributed by atoms with Crippen molar-refractivity contribution in [3.8, 4) is 0 Å². The zero-order chi connectivity index (χ0) is 25.0. The second kappa shape index (κ2) is 11.6. The Morgan fingerprint density at radius 1 is 1.18 bits per heavy atom. The molecular formula is C12H21N2O14P3S2. The van der Waals surface area contributed by atoms with Crippen LogP contribution in [-0.2, 0) is 36.3 Å². The fourth-order valence-corrected chi connectivity index (χ4v) is 6.51. The molecule has 1 aromatic rings. The Balaban J connectivity index is 2.16. The van der Waals surface area contributed by atoms with E-state index in [1.807, 2.05) is 0 Å². The number of aryl methyl sites for hydroxylation is 1. The lowest BCUT2D eigenvalue weighted by molar-refractivity contribution is -0.0229. The zero-order valence-corrected chi connectivity index (χ0v) is 21.2. The van der Waals surface area contributed by atoms with Crippen molar-refractivity contribution in [1.29, 1.82) is 0 Å². The van der Waals surface area contributed by atoms with Crippen molar-refractivity contribution >= 4 is 45.1 Å². The second-order valence-corrected chi connectivity index (χ2v) is 13.3. The molecule has 5 atom stereocenters. The number of H-pyrrole nitrogens is 1. The Bertz CT molecular complexity index is 1090. The molecule has 190 valence electrons. The van der Waals surface area contributed by atoms with Crippen LogP contribution in [0.25, 0.3) is 0 Å². The summed E-state index contributed by atoms with van der Waals surface area (Å²) < 4.78 is 58.4. The molecule has 2 rings (SSSR count). The predicted octanol–water partition coefficient (Wildman–Crippen LogP) is 0.482. The van der Waals surface area contributed by atoms with Crippen molar-refractivity contribution in [1.82, 2.24) is 9.55 Å². The van der Waals surface area contributed by atoms with Gasteiger partial charge in [0.1, 0.15) is 18.1 Å². The Kier molecular flexibility index (Phi) is 10.2. The van der Waals surface area contributed by atoms with Crippen molar-refractivity contribution in [3.63, 3.8) is 0 Å². The number of aromatic amines is 1. The van der Waals surface area contributed by atoms with Crippen LogP contribution in [0.3, 0.4) is 0 Å². The van der Waals surface area contributed by atoms with Crippen LogP contribution < -0.4 is 11.2 Å². The number of rotatable bonds is 12. The van der Waals surface area contributed by atoms with E-state index in [-0.39, 0.29) is 18.1 Å². The number of phosphoric ester groups is 1. The summed E-state index contributed by atoms with van der Waals surface area (Å²) in [5.74, 6) is 0.120. The highest BCUT2D eigenvalue weighted by molar-refractivity contribution is 8.76. The molecule has 0 aromatic carbocycles. The first kappa shape index (κ1) is 28.9. The van der Waals surface area contributed by atoms with Crippen molar-refractivity contribution in [2.45, 2.75) is 25.2 Å². The number of hydrogen-bond donors (Lipinski definition) is 5. The second-order valence-electron chi connectivity index (χ2n) is 6.34. The fraction of sp³-hybridized carbons (Fsp3) is 0.667. The summed E-state index contributed by atoms with van der Waals surface area (Å²) in [6.45, 7) is 0.618. The Morgan fingerprint density at radius 3 is 2.45 bits per heavy atom. The molecule has 1 fully saturated rings. The average molecular weight is 574 g/mol. The minimum Gasteiger partial charge on any atom is -0.371 e. The molecule has 5 N–H and O–H groups in total. The molecule has 0 spiro atoms. The van der Waals surface area contributed by atoms with Crippen LogP contribution in [-0.4, -0.2) is 66.7 Å². The molecule has 0 aliphatic carbocycles. The largest absolute Gasteiger partial charge is 0.490 e. The van der Waals surface area contributed by atoms with Crippen LogP contribution in [0.4, 0.5) is 0 Å². The Hall–Kier alpha value is -0.290. The van der Waals surface area contributed by atoms with E-state index in [1.54, 1.807) is 6.26 Å². The third kappa shape index (κ3) is 9.02. The first-order chi connectivity index (χ1) is 15.1. The number of ether oxygens (including phenoxy) is 2. The molecule has 1 aliphatic heterocycles. The van der Waals surface area contributed by atoms with Crippen LogP contribution in [0.15, 0.2) is 15.8 Å². The number of hydrogen-bond acceptors (Lipinski definition) is 12. The molecule has 21 heteroatoms. The van der Waals surface area contributed by atoms with Crippen LogP contribution in [0.5, 0.6) is 0 Å². The summed E-state index contributed by atoms with van der Waals surface area (Å²) in [6.07, 6.45) is 1.08. The molecule has 0 saturated carbocycles. The molecule has 33 heavy (non-hydrogen) atoms. The van der Waals surface area contributed by atoms with E-state index in [0.717, 1.165) is 0 Å². The molecule has 1 aliphatic rings. The van der Waals surface area contributed by atoms with Gasteiger partial charge < -0.3 is 29.0 Å². The smallest absolute Gasteiger partial charge is 0.371 e. The topological polar surface area (TPSA) is 233 Å². The minimum absolute atomic E-state index is 0.120. The molecule has 1 aromatic heterocycles. The highest BCUT2D eigenvalue weighted by Gasteiger charge is 2.44. The van der Waals surface area contributed by atoms with Gasteiger partial charge in [0.05, 0.1) is 19.3 Å². The molecule has 0 bridgehead atoms. The predicted molar refractivity (Wildman–Crippen MR) is 115 cm³/mol. The first-order valence-electron chi connectivity index (χ1n) is 8.63.